The molecule has 18 nitrogen and oxygen atoms in total. The Morgan fingerprint density at radius 3 is 0.841 bits per heavy atom. The maximum Gasteiger partial charge on any atom is 0.356 e. The molecular weight excluding hydrogens is 580 g/mol. The number of nitrogens with two attached hydrogens (primary N) is 2. The van der Waals surface area contributed by atoms with Crippen molar-refractivity contribution in [1.82, 2.24) is 39.9 Å². The smallest absolute Gasteiger partial charge is 0.356 e. The van der Waals surface area contributed by atoms with Gasteiger partial charge in [-0.1, -0.05) is 0 Å². The molecule has 0 aliphatic rings. The fourth-order valence-corrected chi connectivity index (χ4v) is 4.50. The lowest BCUT2D eigenvalue weighted by molar-refractivity contribution is 0.0677. The zero-order valence-corrected chi connectivity index (χ0v) is 22.6. The van der Waals surface area contributed by atoms with Gasteiger partial charge in [0.1, 0.15) is 0 Å². The summed E-state index contributed by atoms with van der Waals surface area (Å²) in [4.78, 5) is 78.6. The van der Waals surface area contributed by atoms with Gasteiger partial charge in [0.15, 0.2) is 22.8 Å². The monoisotopic (exact) mass is 604 g/mol. The lowest BCUT2D eigenvalue weighted by Gasteiger charge is -2.46. The molecule has 0 aromatic carbocycles. The summed E-state index contributed by atoms with van der Waals surface area (Å²) in [7, 11) is 0. The summed E-state index contributed by atoms with van der Waals surface area (Å²) in [6.07, 6.45) is 8.05. The Hall–Kier alpha value is -5.88. The van der Waals surface area contributed by atoms with Crippen LogP contribution in [0.2, 0.25) is 0 Å². The second-order valence-electron chi connectivity index (χ2n) is 9.82. The summed E-state index contributed by atoms with van der Waals surface area (Å²) in [5.74, 6) is -5.44. The van der Waals surface area contributed by atoms with Crippen molar-refractivity contribution in [1.29, 1.82) is 0 Å². The van der Waals surface area contributed by atoms with Crippen LogP contribution in [0.1, 0.15) is 64.7 Å². The van der Waals surface area contributed by atoms with Gasteiger partial charge in [-0.3, -0.25) is 19.9 Å². The number of carbonyl (C=O) groups is 4. The van der Waals surface area contributed by atoms with Gasteiger partial charge in [-0.15, -0.1) is 0 Å². The molecule has 44 heavy (non-hydrogen) atoms. The molecule has 0 aliphatic heterocycles. The van der Waals surface area contributed by atoms with Crippen molar-refractivity contribution < 1.29 is 39.6 Å². The van der Waals surface area contributed by atoms with E-state index in [0.717, 1.165) is 24.8 Å². The van der Waals surface area contributed by atoms with E-state index in [0.29, 0.717) is 0 Å². The maximum absolute atomic E-state index is 11.6. The van der Waals surface area contributed by atoms with Gasteiger partial charge in [-0.05, 0) is 0 Å². The van der Waals surface area contributed by atoms with Crippen molar-refractivity contribution in [2.24, 2.45) is 11.5 Å². The molecule has 18 heteroatoms. The number of rotatable bonds is 13. The van der Waals surface area contributed by atoms with E-state index < -0.39 is 35.0 Å². The third-order valence-corrected chi connectivity index (χ3v) is 6.59. The molecule has 0 atom stereocenters. The first kappa shape index (κ1) is 31.1. The van der Waals surface area contributed by atoms with Crippen LogP contribution in [0, 0.1) is 0 Å². The van der Waals surface area contributed by atoms with Crippen molar-refractivity contribution in [2.75, 3.05) is 0 Å². The summed E-state index contributed by atoms with van der Waals surface area (Å²) in [6, 6.07) is 0. The molecule has 4 aromatic rings. The van der Waals surface area contributed by atoms with Crippen LogP contribution >= 0.6 is 0 Å². The van der Waals surface area contributed by atoms with Crippen LogP contribution in [-0.4, -0.2) is 95.3 Å². The van der Waals surface area contributed by atoms with Gasteiger partial charge in [0, 0.05) is 61.5 Å². The van der Waals surface area contributed by atoms with Crippen LogP contribution in [0.4, 0.5) is 0 Å². The minimum atomic E-state index is -1.74. The first-order valence-corrected chi connectivity index (χ1v) is 12.5. The molecule has 0 fully saturated rings. The van der Waals surface area contributed by atoms with E-state index in [9.17, 15) is 39.6 Å². The van der Waals surface area contributed by atoms with Crippen molar-refractivity contribution in [3.05, 3.63) is 95.1 Å². The highest BCUT2D eigenvalue weighted by Gasteiger charge is 2.48. The third kappa shape index (κ3) is 7.12. The molecule has 0 bridgehead atoms. The second kappa shape index (κ2) is 12.5. The number of hydrogen-bond donors (Lipinski definition) is 6. The van der Waals surface area contributed by atoms with E-state index in [4.69, 9.17) is 11.5 Å². The zero-order chi connectivity index (χ0) is 32.1. The van der Waals surface area contributed by atoms with E-state index in [-0.39, 0.29) is 71.2 Å². The van der Waals surface area contributed by atoms with E-state index in [1.165, 1.54) is 24.8 Å². The molecule has 0 unspecified atom stereocenters. The van der Waals surface area contributed by atoms with Gasteiger partial charge in [0.25, 0.3) is 0 Å². The largest absolute Gasteiger partial charge is 0.476 e. The van der Waals surface area contributed by atoms with E-state index in [1.807, 2.05) is 0 Å². The Labute approximate surface area is 247 Å². The number of carboxylic acid groups (broad SMARTS) is 4. The molecule has 0 aliphatic carbocycles. The Morgan fingerprint density at radius 1 is 0.455 bits per heavy atom. The van der Waals surface area contributed by atoms with E-state index in [2.05, 4.69) is 39.9 Å². The molecule has 4 heterocycles. The Kier molecular flexibility index (Phi) is 8.86. The van der Waals surface area contributed by atoms with Gasteiger partial charge in [-0.2, -0.15) is 0 Å². The summed E-state index contributed by atoms with van der Waals surface area (Å²) in [5.41, 5.74) is 9.49. The van der Waals surface area contributed by atoms with Gasteiger partial charge in [0.05, 0.1) is 47.6 Å². The third-order valence-electron chi connectivity index (χ3n) is 6.59. The predicted molar refractivity (Wildman–Crippen MR) is 145 cm³/mol. The van der Waals surface area contributed by atoms with Crippen LogP contribution in [0.15, 0.2) is 49.6 Å². The summed E-state index contributed by atoms with van der Waals surface area (Å²) in [5, 5.41) is 37.8. The first-order valence-electron chi connectivity index (χ1n) is 12.5. The molecule has 0 saturated heterocycles. The standard InChI is InChI=1S/C26H24N10O8/c27-25(1-13-5-29-9-17(33-13)21(37)38,2-14-6-30-10-18(34-14)22(39)40)26(28,3-15-7-31-11-19(35-15)23(41)42)4-16-8-32-12-20(36-16)24(43)44/h5-12H,1-4,27-28H2,(H,37,38)(H,39,40)(H,41,42)(H,43,44). The van der Waals surface area contributed by atoms with Crippen LogP contribution in [0.3, 0.4) is 0 Å². The fourth-order valence-electron chi connectivity index (χ4n) is 4.50. The number of carboxylic acids is 4. The van der Waals surface area contributed by atoms with Gasteiger partial charge < -0.3 is 31.9 Å². The molecule has 0 radical (unpaired) electrons. The highest BCUT2D eigenvalue weighted by atomic mass is 16.4. The Bertz CT molecular complexity index is 1510. The Balaban J connectivity index is 1.91. The molecule has 0 amide bonds. The van der Waals surface area contributed by atoms with Crippen molar-refractivity contribution >= 4 is 23.9 Å². The average molecular weight is 605 g/mol. The van der Waals surface area contributed by atoms with E-state index >= 15 is 0 Å². The molecule has 226 valence electrons. The molecule has 4 aromatic heterocycles. The molecule has 8 N–H and O–H groups in total. The Morgan fingerprint density at radius 2 is 0.659 bits per heavy atom. The van der Waals surface area contributed by atoms with Gasteiger partial charge >= 0.3 is 23.9 Å². The van der Waals surface area contributed by atoms with Crippen LogP contribution < -0.4 is 11.5 Å². The number of nitrogens with zero attached hydrogens (tertiary/aromatic N) is 8. The van der Waals surface area contributed by atoms with Crippen molar-refractivity contribution in [2.45, 2.75) is 36.8 Å². The predicted octanol–water partition coefficient (Wildman–Crippen LogP) is -0.695. The average Bonchev–Trinajstić information content (AvgIpc) is 2.97. The summed E-state index contributed by atoms with van der Waals surface area (Å²) in [6.45, 7) is 0. The maximum atomic E-state index is 11.6. The van der Waals surface area contributed by atoms with Crippen LogP contribution in [-0.2, 0) is 25.7 Å². The normalized spacial score (nSPS) is 11.6. The van der Waals surface area contributed by atoms with Crippen LogP contribution in [0.5, 0.6) is 0 Å². The summed E-state index contributed by atoms with van der Waals surface area (Å²) >= 11 is 0. The van der Waals surface area contributed by atoms with E-state index in [1.54, 1.807) is 0 Å². The second-order valence-corrected chi connectivity index (χ2v) is 9.82. The highest BCUT2D eigenvalue weighted by Crippen LogP contribution is 2.32. The molecule has 0 saturated carbocycles. The van der Waals surface area contributed by atoms with Crippen molar-refractivity contribution in [3.63, 3.8) is 0 Å². The highest BCUT2D eigenvalue weighted by molar-refractivity contribution is 5.86. The number of aromatic nitrogens is 8. The molecule has 4 rings (SSSR count). The topological polar surface area (TPSA) is 304 Å². The molecule has 0 spiro atoms. The summed E-state index contributed by atoms with van der Waals surface area (Å²) < 4.78 is 0. The lowest BCUT2D eigenvalue weighted by atomic mass is 9.67. The van der Waals surface area contributed by atoms with Crippen molar-refractivity contribution in [3.8, 4) is 0 Å². The van der Waals surface area contributed by atoms with Crippen LogP contribution in [0.25, 0.3) is 0 Å². The van der Waals surface area contributed by atoms with Gasteiger partial charge in [-0.25, -0.2) is 39.1 Å². The lowest BCUT2D eigenvalue weighted by Crippen LogP contribution is -2.70. The minimum absolute atomic E-state index is 0.0836. The number of hydrogen-bond acceptors (Lipinski definition) is 14. The SMILES string of the molecule is NC(Cc1cncc(C(=O)O)n1)(Cc1cncc(C(=O)O)n1)C(N)(Cc1cncc(C(=O)O)n1)Cc1cncc(C(=O)O)n1. The number of aromatic carboxylic acids is 4. The molecular formula is C26H24N10O8. The first-order chi connectivity index (χ1) is 20.8. The van der Waals surface area contributed by atoms with Gasteiger partial charge in [0.2, 0.25) is 0 Å². The fraction of sp³-hybridized carbons (Fsp3) is 0.231. The zero-order valence-electron chi connectivity index (χ0n) is 22.6. The minimum Gasteiger partial charge on any atom is -0.476 e. The quantitative estimate of drug-likeness (QED) is 0.110.